The maximum atomic E-state index is 12.5. The Hall–Kier alpha value is -2.92. The van der Waals surface area contributed by atoms with Crippen LogP contribution >= 0.6 is 0 Å². The standard InChI is InChI=1S/C23H26N4O/c28-22(24-13-16-26-14-7-8-15-26)18-27-23(20-11-5-2-6-12-20)21(17-25-27)19-9-3-1-4-10-19/h1-6,9-12,17H,7-8,13-16,18H2,(H,24,28). The Labute approximate surface area is 166 Å². The van der Waals surface area contributed by atoms with Crippen LogP contribution in [-0.2, 0) is 11.3 Å². The Morgan fingerprint density at radius 2 is 1.57 bits per heavy atom. The van der Waals surface area contributed by atoms with E-state index in [1.165, 1.54) is 12.8 Å². The first-order valence-electron chi connectivity index (χ1n) is 9.97. The SMILES string of the molecule is O=C(Cn1ncc(-c2ccccc2)c1-c1ccccc1)NCCN1CCCC1. The highest BCUT2D eigenvalue weighted by Gasteiger charge is 2.17. The van der Waals surface area contributed by atoms with Crippen LogP contribution in [0.2, 0.25) is 0 Å². The summed E-state index contributed by atoms with van der Waals surface area (Å²) in [7, 11) is 0. The minimum absolute atomic E-state index is 0.000843. The van der Waals surface area contributed by atoms with Gasteiger partial charge in [-0.05, 0) is 31.5 Å². The summed E-state index contributed by atoms with van der Waals surface area (Å²) in [4.78, 5) is 14.9. The van der Waals surface area contributed by atoms with Crippen molar-refractivity contribution < 1.29 is 4.79 Å². The molecule has 1 aliphatic rings. The molecule has 0 spiro atoms. The van der Waals surface area contributed by atoms with Gasteiger partial charge in [-0.15, -0.1) is 0 Å². The van der Waals surface area contributed by atoms with Gasteiger partial charge in [0.25, 0.3) is 0 Å². The van der Waals surface area contributed by atoms with E-state index in [4.69, 9.17) is 0 Å². The minimum Gasteiger partial charge on any atom is -0.353 e. The number of amides is 1. The Balaban J connectivity index is 1.51. The summed E-state index contributed by atoms with van der Waals surface area (Å²) in [5, 5.41) is 7.58. The van der Waals surface area contributed by atoms with Crippen molar-refractivity contribution in [1.82, 2.24) is 20.0 Å². The monoisotopic (exact) mass is 374 g/mol. The second-order valence-corrected chi connectivity index (χ2v) is 7.20. The highest BCUT2D eigenvalue weighted by Crippen LogP contribution is 2.31. The molecular weight excluding hydrogens is 348 g/mol. The van der Waals surface area contributed by atoms with Crippen molar-refractivity contribution in [3.05, 3.63) is 66.9 Å². The third kappa shape index (κ3) is 4.31. The first-order valence-corrected chi connectivity index (χ1v) is 9.97. The van der Waals surface area contributed by atoms with Gasteiger partial charge < -0.3 is 10.2 Å². The van der Waals surface area contributed by atoms with E-state index in [9.17, 15) is 4.79 Å². The molecule has 2 aromatic carbocycles. The molecule has 1 aromatic heterocycles. The summed E-state index contributed by atoms with van der Waals surface area (Å²) in [6.07, 6.45) is 4.39. The van der Waals surface area contributed by atoms with Gasteiger partial charge in [0.05, 0.1) is 11.9 Å². The van der Waals surface area contributed by atoms with Crippen LogP contribution in [0.3, 0.4) is 0 Å². The van der Waals surface area contributed by atoms with Crippen LogP contribution in [0.4, 0.5) is 0 Å². The van der Waals surface area contributed by atoms with E-state index in [-0.39, 0.29) is 12.5 Å². The molecule has 0 atom stereocenters. The van der Waals surface area contributed by atoms with E-state index in [1.807, 2.05) is 47.3 Å². The van der Waals surface area contributed by atoms with E-state index in [2.05, 4.69) is 39.6 Å². The molecule has 1 amide bonds. The lowest BCUT2D eigenvalue weighted by Crippen LogP contribution is -2.35. The van der Waals surface area contributed by atoms with Crippen LogP contribution in [0.5, 0.6) is 0 Å². The zero-order valence-corrected chi connectivity index (χ0v) is 16.1. The number of rotatable bonds is 7. The largest absolute Gasteiger partial charge is 0.353 e. The van der Waals surface area contributed by atoms with Gasteiger partial charge in [0.1, 0.15) is 6.54 Å². The predicted molar refractivity (Wildman–Crippen MR) is 112 cm³/mol. The fourth-order valence-electron chi connectivity index (χ4n) is 3.79. The average molecular weight is 374 g/mol. The summed E-state index contributed by atoms with van der Waals surface area (Å²) in [5.74, 6) is -0.000843. The molecule has 0 saturated carbocycles. The average Bonchev–Trinajstić information content (AvgIpc) is 3.39. The molecule has 0 radical (unpaired) electrons. The Kier molecular flexibility index (Phi) is 5.83. The van der Waals surface area contributed by atoms with Crippen molar-refractivity contribution in [3.63, 3.8) is 0 Å². The first-order chi connectivity index (χ1) is 13.8. The highest BCUT2D eigenvalue weighted by atomic mass is 16.2. The van der Waals surface area contributed by atoms with Gasteiger partial charge in [0, 0.05) is 24.2 Å². The number of nitrogens with zero attached hydrogens (tertiary/aromatic N) is 3. The molecule has 3 aromatic rings. The molecule has 1 N–H and O–H groups in total. The maximum absolute atomic E-state index is 12.5. The van der Waals surface area contributed by atoms with Crippen molar-refractivity contribution in [1.29, 1.82) is 0 Å². The topological polar surface area (TPSA) is 50.2 Å². The predicted octanol–water partition coefficient (Wildman–Crippen LogP) is 3.43. The summed E-state index contributed by atoms with van der Waals surface area (Å²) < 4.78 is 1.81. The molecular formula is C23H26N4O. The molecule has 1 aliphatic heterocycles. The zero-order chi connectivity index (χ0) is 19.2. The third-order valence-electron chi connectivity index (χ3n) is 5.21. The fraction of sp³-hybridized carbons (Fsp3) is 0.304. The molecule has 1 saturated heterocycles. The normalized spacial score (nSPS) is 14.3. The van der Waals surface area contributed by atoms with Gasteiger partial charge in [-0.3, -0.25) is 9.48 Å². The van der Waals surface area contributed by atoms with Crippen LogP contribution in [0.15, 0.2) is 66.9 Å². The van der Waals surface area contributed by atoms with Gasteiger partial charge in [0.2, 0.25) is 5.91 Å². The van der Waals surface area contributed by atoms with E-state index < -0.39 is 0 Å². The minimum atomic E-state index is -0.000843. The summed E-state index contributed by atoms with van der Waals surface area (Å²) in [5.41, 5.74) is 4.17. The van der Waals surface area contributed by atoms with Crippen LogP contribution in [0, 0.1) is 0 Å². The number of aromatic nitrogens is 2. The lowest BCUT2D eigenvalue weighted by Gasteiger charge is -2.15. The van der Waals surface area contributed by atoms with Crippen molar-refractivity contribution in [2.24, 2.45) is 0 Å². The van der Waals surface area contributed by atoms with Crippen molar-refractivity contribution >= 4 is 5.91 Å². The molecule has 0 aliphatic carbocycles. The van der Waals surface area contributed by atoms with Gasteiger partial charge in [0.15, 0.2) is 0 Å². The van der Waals surface area contributed by atoms with Gasteiger partial charge in [-0.2, -0.15) is 5.10 Å². The van der Waals surface area contributed by atoms with E-state index >= 15 is 0 Å². The van der Waals surface area contributed by atoms with Gasteiger partial charge in [-0.1, -0.05) is 60.7 Å². The second kappa shape index (κ2) is 8.85. The van der Waals surface area contributed by atoms with Crippen molar-refractivity contribution in [2.45, 2.75) is 19.4 Å². The lowest BCUT2D eigenvalue weighted by atomic mass is 10.0. The number of hydrogen-bond acceptors (Lipinski definition) is 3. The quantitative estimate of drug-likeness (QED) is 0.689. The smallest absolute Gasteiger partial charge is 0.241 e. The fourth-order valence-corrected chi connectivity index (χ4v) is 3.79. The van der Waals surface area contributed by atoms with Crippen molar-refractivity contribution in [2.75, 3.05) is 26.2 Å². The molecule has 4 rings (SSSR count). The summed E-state index contributed by atoms with van der Waals surface area (Å²) in [6.45, 7) is 4.12. The van der Waals surface area contributed by atoms with Crippen LogP contribution in [-0.4, -0.2) is 46.8 Å². The van der Waals surface area contributed by atoms with Crippen LogP contribution in [0.1, 0.15) is 12.8 Å². The Morgan fingerprint density at radius 3 is 2.25 bits per heavy atom. The number of likely N-dealkylation sites (tertiary alicyclic amines) is 1. The molecule has 1 fully saturated rings. The Morgan fingerprint density at radius 1 is 0.929 bits per heavy atom. The van der Waals surface area contributed by atoms with E-state index in [1.54, 1.807) is 0 Å². The molecule has 5 nitrogen and oxygen atoms in total. The number of carbonyl (C=O) groups excluding carboxylic acids is 1. The van der Waals surface area contributed by atoms with Gasteiger partial charge in [-0.25, -0.2) is 0 Å². The molecule has 28 heavy (non-hydrogen) atoms. The molecule has 144 valence electrons. The number of benzene rings is 2. The van der Waals surface area contributed by atoms with Crippen molar-refractivity contribution in [3.8, 4) is 22.4 Å². The molecule has 0 bridgehead atoms. The summed E-state index contributed by atoms with van der Waals surface area (Å²) >= 11 is 0. The molecule has 0 unspecified atom stereocenters. The van der Waals surface area contributed by atoms with Crippen LogP contribution in [0.25, 0.3) is 22.4 Å². The second-order valence-electron chi connectivity index (χ2n) is 7.20. The summed E-state index contributed by atoms with van der Waals surface area (Å²) in [6, 6.07) is 20.3. The third-order valence-corrected chi connectivity index (χ3v) is 5.21. The maximum Gasteiger partial charge on any atom is 0.241 e. The lowest BCUT2D eigenvalue weighted by molar-refractivity contribution is -0.121. The van der Waals surface area contributed by atoms with E-state index in [0.29, 0.717) is 6.54 Å². The van der Waals surface area contributed by atoms with Crippen LogP contribution < -0.4 is 5.32 Å². The van der Waals surface area contributed by atoms with Gasteiger partial charge >= 0.3 is 0 Å². The van der Waals surface area contributed by atoms with E-state index in [0.717, 1.165) is 42.0 Å². The number of hydrogen-bond donors (Lipinski definition) is 1. The highest BCUT2D eigenvalue weighted by molar-refractivity contribution is 5.82. The number of nitrogens with one attached hydrogen (secondary N) is 1. The molecule has 2 heterocycles. The Bertz CT molecular complexity index is 899. The molecule has 5 heteroatoms. The number of carbonyl (C=O) groups is 1. The zero-order valence-electron chi connectivity index (χ0n) is 16.1. The first kappa shape index (κ1) is 18.4.